The zero-order valence-corrected chi connectivity index (χ0v) is 20.4. The molecule has 0 radical (unpaired) electrons. The van der Waals surface area contributed by atoms with E-state index in [2.05, 4.69) is 33.5 Å². The van der Waals surface area contributed by atoms with Crippen LogP contribution in [0.1, 0.15) is 18.7 Å². The Kier molecular flexibility index (Phi) is 6.50. The Morgan fingerprint density at radius 3 is 2.61 bits per heavy atom. The number of nitrogens with zero attached hydrogens (tertiary/aromatic N) is 5. The fraction of sp³-hybridized carbons (Fsp3) is 0.440. The molecule has 0 unspecified atom stereocenters. The van der Waals surface area contributed by atoms with Gasteiger partial charge in [-0.05, 0) is 43.7 Å². The first-order valence-corrected chi connectivity index (χ1v) is 12.4. The molecule has 174 valence electrons. The third-order valence-corrected chi connectivity index (χ3v) is 7.77. The van der Waals surface area contributed by atoms with Gasteiger partial charge in [0.15, 0.2) is 0 Å². The van der Waals surface area contributed by atoms with E-state index in [1.54, 1.807) is 6.07 Å². The summed E-state index contributed by atoms with van der Waals surface area (Å²) in [5.74, 6) is 1.38. The van der Waals surface area contributed by atoms with Crippen LogP contribution in [0.4, 0.5) is 5.69 Å². The van der Waals surface area contributed by atoms with Gasteiger partial charge < -0.3 is 14.4 Å². The summed E-state index contributed by atoms with van der Waals surface area (Å²) in [6.45, 7) is 5.53. The minimum absolute atomic E-state index is 0.0507. The van der Waals surface area contributed by atoms with Crippen LogP contribution in [0.15, 0.2) is 42.5 Å². The van der Waals surface area contributed by atoms with Crippen molar-refractivity contribution in [1.29, 1.82) is 0 Å². The van der Waals surface area contributed by atoms with Gasteiger partial charge in [0.2, 0.25) is 5.91 Å². The fourth-order valence-electron chi connectivity index (χ4n) is 5.10. The van der Waals surface area contributed by atoms with Crippen LogP contribution < -0.4 is 4.90 Å². The minimum Gasteiger partial charge on any atom is -0.367 e. The average Bonchev–Trinajstić information content (AvgIpc) is 3.16. The molecule has 0 bridgehead atoms. The zero-order chi connectivity index (χ0) is 22.9. The number of anilines is 1. The van der Waals surface area contributed by atoms with Crippen LogP contribution in [-0.4, -0.2) is 64.5 Å². The van der Waals surface area contributed by atoms with E-state index in [4.69, 9.17) is 28.2 Å². The van der Waals surface area contributed by atoms with E-state index in [0.717, 1.165) is 68.1 Å². The van der Waals surface area contributed by atoms with Crippen LogP contribution in [0.3, 0.4) is 0 Å². The van der Waals surface area contributed by atoms with Crippen molar-refractivity contribution in [3.63, 3.8) is 0 Å². The van der Waals surface area contributed by atoms with Crippen LogP contribution in [0.2, 0.25) is 10.0 Å². The number of benzene rings is 2. The summed E-state index contributed by atoms with van der Waals surface area (Å²) in [5.41, 5.74) is 3.12. The number of hydrogen-bond donors (Lipinski definition) is 0. The number of carbonyl (C=O) groups is 1. The molecule has 33 heavy (non-hydrogen) atoms. The first-order chi connectivity index (χ1) is 16.0. The van der Waals surface area contributed by atoms with Gasteiger partial charge in [0, 0.05) is 39.8 Å². The Labute approximate surface area is 204 Å². The number of piperidine rings is 1. The topological polar surface area (TPSA) is 44.6 Å². The van der Waals surface area contributed by atoms with E-state index in [0.29, 0.717) is 23.1 Å². The summed E-state index contributed by atoms with van der Waals surface area (Å²) >= 11 is 12.6. The number of amides is 1. The smallest absolute Gasteiger partial charge is 0.227 e. The van der Waals surface area contributed by atoms with Crippen molar-refractivity contribution in [3.05, 3.63) is 58.3 Å². The van der Waals surface area contributed by atoms with Crippen molar-refractivity contribution in [2.24, 2.45) is 13.0 Å². The molecule has 0 spiro atoms. The van der Waals surface area contributed by atoms with E-state index in [1.165, 1.54) is 0 Å². The molecule has 1 amide bonds. The predicted molar refractivity (Wildman–Crippen MR) is 134 cm³/mol. The van der Waals surface area contributed by atoms with Gasteiger partial charge in [-0.1, -0.05) is 41.4 Å². The first kappa shape index (κ1) is 22.5. The third kappa shape index (κ3) is 4.57. The third-order valence-electron chi connectivity index (χ3n) is 6.96. The number of fused-ring (bicyclic) bond motifs is 1. The Morgan fingerprint density at radius 2 is 1.82 bits per heavy atom. The number of para-hydroxylation sites is 2. The Hall–Kier alpha value is -2.28. The first-order valence-electron chi connectivity index (χ1n) is 11.6. The molecule has 8 heteroatoms. The molecule has 2 saturated heterocycles. The van der Waals surface area contributed by atoms with Crippen LogP contribution >= 0.6 is 23.2 Å². The molecule has 3 heterocycles. The highest BCUT2D eigenvalue weighted by atomic mass is 35.5. The molecule has 1 aromatic heterocycles. The summed E-state index contributed by atoms with van der Waals surface area (Å²) < 4.78 is 2.17. The lowest BCUT2D eigenvalue weighted by Crippen LogP contribution is -2.52. The van der Waals surface area contributed by atoms with Crippen molar-refractivity contribution >= 4 is 45.8 Å². The molecule has 2 fully saturated rings. The summed E-state index contributed by atoms with van der Waals surface area (Å²) in [6, 6.07) is 13.9. The predicted octanol–water partition coefficient (Wildman–Crippen LogP) is 4.44. The summed E-state index contributed by atoms with van der Waals surface area (Å²) in [5, 5.41) is 1.15. The Bertz CT molecular complexity index is 1150. The van der Waals surface area contributed by atoms with Gasteiger partial charge >= 0.3 is 0 Å². The lowest BCUT2D eigenvalue weighted by atomic mass is 9.96. The standard InChI is InChI=1S/C25H29Cl2N5O/c1-29-21-9-3-2-8-20(21)28-23(29)17-30-11-5-6-18(16-30)25(33)32-14-12-31(13-15-32)22-10-4-7-19(26)24(22)27/h2-4,7-10,18H,5-6,11-17H2,1H3/t18-/m0/s1. The van der Waals surface area contributed by atoms with E-state index in [9.17, 15) is 4.79 Å². The second-order valence-corrected chi connectivity index (χ2v) is 9.82. The maximum Gasteiger partial charge on any atom is 0.227 e. The lowest BCUT2D eigenvalue weighted by Gasteiger charge is -2.40. The summed E-state index contributed by atoms with van der Waals surface area (Å²) in [4.78, 5) is 24.8. The maximum atomic E-state index is 13.3. The largest absolute Gasteiger partial charge is 0.367 e. The highest BCUT2D eigenvalue weighted by Crippen LogP contribution is 2.33. The number of piperazine rings is 1. The molecular formula is C25H29Cl2N5O. The number of aryl methyl sites for hydroxylation is 1. The molecule has 0 N–H and O–H groups in total. The zero-order valence-electron chi connectivity index (χ0n) is 18.9. The fourth-order valence-corrected chi connectivity index (χ4v) is 5.52. The van der Waals surface area contributed by atoms with Crippen LogP contribution in [0.5, 0.6) is 0 Å². The van der Waals surface area contributed by atoms with Gasteiger partial charge in [-0.2, -0.15) is 0 Å². The van der Waals surface area contributed by atoms with E-state index in [-0.39, 0.29) is 11.8 Å². The Balaban J connectivity index is 1.20. The molecule has 2 aromatic carbocycles. The number of rotatable bonds is 4. The number of likely N-dealkylation sites (tertiary alicyclic amines) is 1. The molecule has 2 aliphatic heterocycles. The molecule has 0 saturated carbocycles. The van der Waals surface area contributed by atoms with E-state index >= 15 is 0 Å². The Morgan fingerprint density at radius 1 is 1.03 bits per heavy atom. The number of halogens is 2. The van der Waals surface area contributed by atoms with Crippen molar-refractivity contribution in [2.45, 2.75) is 19.4 Å². The van der Waals surface area contributed by atoms with Crippen molar-refractivity contribution in [2.75, 3.05) is 44.2 Å². The highest BCUT2D eigenvalue weighted by Gasteiger charge is 2.32. The van der Waals surface area contributed by atoms with Gasteiger partial charge in [-0.3, -0.25) is 9.69 Å². The molecule has 3 aromatic rings. The van der Waals surface area contributed by atoms with Crippen molar-refractivity contribution < 1.29 is 4.79 Å². The molecule has 1 atom stereocenters. The van der Waals surface area contributed by atoms with Crippen molar-refractivity contribution in [3.8, 4) is 0 Å². The van der Waals surface area contributed by atoms with Gasteiger partial charge in [0.05, 0.1) is 39.2 Å². The summed E-state index contributed by atoms with van der Waals surface area (Å²) in [6.07, 6.45) is 2.00. The van der Waals surface area contributed by atoms with E-state index < -0.39 is 0 Å². The maximum absolute atomic E-state index is 13.3. The molecule has 0 aliphatic carbocycles. The van der Waals surface area contributed by atoms with Gasteiger partial charge in [0.25, 0.3) is 0 Å². The second kappa shape index (κ2) is 9.53. The minimum atomic E-state index is 0.0507. The number of hydrogen-bond acceptors (Lipinski definition) is 4. The monoisotopic (exact) mass is 485 g/mol. The summed E-state index contributed by atoms with van der Waals surface area (Å²) in [7, 11) is 2.07. The van der Waals surface area contributed by atoms with Gasteiger partial charge in [-0.15, -0.1) is 0 Å². The SMILES string of the molecule is Cn1c(CN2CCC[C@H](C(=O)N3CCN(c4cccc(Cl)c4Cl)CC3)C2)nc2ccccc21. The van der Waals surface area contributed by atoms with Gasteiger partial charge in [0.1, 0.15) is 5.82 Å². The van der Waals surface area contributed by atoms with Crippen LogP contribution in [-0.2, 0) is 18.4 Å². The number of carbonyl (C=O) groups excluding carboxylic acids is 1. The molecule has 2 aliphatic rings. The van der Waals surface area contributed by atoms with Crippen molar-refractivity contribution in [1.82, 2.24) is 19.4 Å². The van der Waals surface area contributed by atoms with Crippen LogP contribution in [0.25, 0.3) is 11.0 Å². The quantitative estimate of drug-likeness (QED) is 0.547. The normalized spacial score (nSPS) is 19.9. The van der Waals surface area contributed by atoms with Gasteiger partial charge in [-0.25, -0.2) is 4.98 Å². The molecule has 6 nitrogen and oxygen atoms in total. The van der Waals surface area contributed by atoms with Crippen LogP contribution in [0, 0.1) is 5.92 Å². The number of imidazole rings is 1. The average molecular weight is 486 g/mol. The van der Waals surface area contributed by atoms with E-state index in [1.807, 2.05) is 29.2 Å². The second-order valence-electron chi connectivity index (χ2n) is 9.04. The molecular weight excluding hydrogens is 457 g/mol. The highest BCUT2D eigenvalue weighted by molar-refractivity contribution is 6.43. The molecule has 5 rings (SSSR count). The lowest BCUT2D eigenvalue weighted by molar-refractivity contribution is -0.137. The number of aromatic nitrogens is 2.